The molecule has 2 heterocycles. The van der Waals surface area contributed by atoms with Crippen molar-refractivity contribution in [2.45, 2.75) is 37.5 Å². The molecule has 2 fully saturated rings. The number of aromatic nitrogens is 2. The molecule has 1 aliphatic heterocycles. The third-order valence-corrected chi connectivity index (χ3v) is 5.82. The number of hydrogen-bond donors (Lipinski definition) is 0. The maximum Gasteiger partial charge on any atom is 0.217 e. The van der Waals surface area contributed by atoms with Gasteiger partial charge in [-0.2, -0.15) is 9.29 Å². The minimum absolute atomic E-state index is 0.108. The highest BCUT2D eigenvalue weighted by Gasteiger charge is 2.43. The zero-order valence-electron chi connectivity index (χ0n) is 10.8. The molecule has 0 radical (unpaired) electrons. The highest BCUT2D eigenvalue weighted by molar-refractivity contribution is 7.90. The van der Waals surface area contributed by atoms with Gasteiger partial charge in [0, 0.05) is 18.8 Å². The van der Waals surface area contributed by atoms with Crippen LogP contribution in [0.4, 0.5) is 0 Å². The van der Waals surface area contributed by atoms with Gasteiger partial charge in [0.15, 0.2) is 0 Å². The standard InChI is InChI=1S/C12H17N3O3S/c1-9-13-6-4-12(14-9)18-10-5-7-15(8-10)19(16,17)11-2-3-11/h4,6,10-11H,2-3,5,7-8H2,1H3/t10-/m1/s1. The Balaban J connectivity index is 1.63. The van der Waals surface area contributed by atoms with Crippen LogP contribution in [0.1, 0.15) is 25.1 Å². The number of sulfonamides is 1. The second-order valence-corrected chi connectivity index (χ2v) is 7.29. The van der Waals surface area contributed by atoms with Gasteiger partial charge in [0.2, 0.25) is 15.9 Å². The van der Waals surface area contributed by atoms with Crippen LogP contribution in [0.5, 0.6) is 5.88 Å². The van der Waals surface area contributed by atoms with Crippen molar-refractivity contribution in [2.75, 3.05) is 13.1 Å². The highest BCUT2D eigenvalue weighted by Crippen LogP contribution is 2.33. The topological polar surface area (TPSA) is 72.4 Å². The van der Waals surface area contributed by atoms with Gasteiger partial charge in [0.25, 0.3) is 0 Å². The van der Waals surface area contributed by atoms with Crippen molar-refractivity contribution in [1.82, 2.24) is 14.3 Å². The van der Waals surface area contributed by atoms with Crippen molar-refractivity contribution in [3.05, 3.63) is 18.1 Å². The molecule has 0 spiro atoms. The molecule has 0 amide bonds. The summed E-state index contributed by atoms with van der Waals surface area (Å²) in [6.45, 7) is 2.78. The van der Waals surface area contributed by atoms with Crippen LogP contribution in [0, 0.1) is 6.92 Å². The zero-order valence-corrected chi connectivity index (χ0v) is 11.6. The summed E-state index contributed by atoms with van der Waals surface area (Å²) in [4.78, 5) is 8.17. The van der Waals surface area contributed by atoms with E-state index >= 15 is 0 Å². The monoisotopic (exact) mass is 283 g/mol. The van der Waals surface area contributed by atoms with Crippen molar-refractivity contribution in [3.63, 3.8) is 0 Å². The summed E-state index contributed by atoms with van der Waals surface area (Å²) in [5.74, 6) is 1.17. The molecule has 0 bridgehead atoms. The van der Waals surface area contributed by atoms with Gasteiger partial charge < -0.3 is 4.74 Å². The molecule has 7 heteroatoms. The van der Waals surface area contributed by atoms with E-state index in [-0.39, 0.29) is 11.4 Å². The summed E-state index contributed by atoms with van der Waals surface area (Å²) in [6, 6.07) is 1.70. The molecule has 2 aliphatic rings. The van der Waals surface area contributed by atoms with Crippen LogP contribution in [0.25, 0.3) is 0 Å². The van der Waals surface area contributed by atoms with E-state index in [1.165, 1.54) is 0 Å². The fraction of sp³-hybridized carbons (Fsp3) is 0.667. The molecule has 3 rings (SSSR count). The molecule has 1 saturated carbocycles. The van der Waals surface area contributed by atoms with Crippen molar-refractivity contribution in [2.24, 2.45) is 0 Å². The first kappa shape index (κ1) is 12.8. The number of nitrogens with zero attached hydrogens (tertiary/aromatic N) is 3. The minimum atomic E-state index is -3.08. The minimum Gasteiger partial charge on any atom is -0.473 e. The average molecular weight is 283 g/mol. The summed E-state index contributed by atoms with van der Waals surface area (Å²) >= 11 is 0. The average Bonchev–Trinajstić information content (AvgIpc) is 3.11. The van der Waals surface area contributed by atoms with Gasteiger partial charge in [-0.3, -0.25) is 0 Å². The van der Waals surface area contributed by atoms with E-state index in [1.807, 2.05) is 0 Å². The lowest BCUT2D eigenvalue weighted by Crippen LogP contribution is -2.33. The van der Waals surface area contributed by atoms with Crippen LogP contribution >= 0.6 is 0 Å². The lowest BCUT2D eigenvalue weighted by atomic mass is 10.3. The van der Waals surface area contributed by atoms with Crippen molar-refractivity contribution in [1.29, 1.82) is 0 Å². The van der Waals surface area contributed by atoms with Gasteiger partial charge in [-0.05, 0) is 26.2 Å². The Kier molecular flexibility index (Phi) is 3.18. The van der Waals surface area contributed by atoms with E-state index < -0.39 is 10.0 Å². The third-order valence-electron chi connectivity index (χ3n) is 3.45. The largest absolute Gasteiger partial charge is 0.473 e. The van der Waals surface area contributed by atoms with Crippen LogP contribution in [-0.4, -0.2) is 47.1 Å². The molecule has 1 aliphatic carbocycles. The van der Waals surface area contributed by atoms with Crippen LogP contribution < -0.4 is 4.74 Å². The van der Waals surface area contributed by atoms with Gasteiger partial charge >= 0.3 is 0 Å². The lowest BCUT2D eigenvalue weighted by Gasteiger charge is -2.16. The number of aryl methyl sites for hydroxylation is 1. The van der Waals surface area contributed by atoms with Gasteiger partial charge in [-0.1, -0.05) is 0 Å². The summed E-state index contributed by atoms with van der Waals surface area (Å²) in [7, 11) is -3.08. The lowest BCUT2D eigenvalue weighted by molar-refractivity contribution is 0.206. The molecule has 0 N–H and O–H groups in total. The van der Waals surface area contributed by atoms with E-state index in [4.69, 9.17) is 4.74 Å². The molecule has 104 valence electrons. The van der Waals surface area contributed by atoms with E-state index in [0.717, 1.165) is 19.3 Å². The quantitative estimate of drug-likeness (QED) is 0.814. The third kappa shape index (κ3) is 2.71. The van der Waals surface area contributed by atoms with Crippen LogP contribution in [0.2, 0.25) is 0 Å². The zero-order chi connectivity index (χ0) is 13.5. The normalized spacial score (nSPS) is 24.6. The smallest absolute Gasteiger partial charge is 0.217 e. The Morgan fingerprint density at radius 2 is 2.16 bits per heavy atom. The molecule has 1 atom stereocenters. The second-order valence-electron chi connectivity index (χ2n) is 5.07. The Morgan fingerprint density at radius 1 is 1.37 bits per heavy atom. The van der Waals surface area contributed by atoms with Crippen LogP contribution in [-0.2, 0) is 10.0 Å². The number of rotatable bonds is 4. The molecule has 0 unspecified atom stereocenters. The van der Waals surface area contributed by atoms with E-state index in [0.29, 0.717) is 24.8 Å². The SMILES string of the molecule is Cc1nccc(O[C@@H]2CCN(S(=O)(=O)C3CC3)C2)n1. The fourth-order valence-electron chi connectivity index (χ4n) is 2.27. The Morgan fingerprint density at radius 3 is 2.84 bits per heavy atom. The van der Waals surface area contributed by atoms with Gasteiger partial charge in [-0.25, -0.2) is 13.4 Å². The molecule has 0 aromatic carbocycles. The number of ether oxygens (including phenoxy) is 1. The summed E-state index contributed by atoms with van der Waals surface area (Å²) in [5, 5.41) is -0.146. The van der Waals surface area contributed by atoms with Crippen molar-refractivity contribution >= 4 is 10.0 Å². The number of hydrogen-bond acceptors (Lipinski definition) is 5. The summed E-state index contributed by atoms with van der Waals surface area (Å²) in [5.41, 5.74) is 0. The molecular weight excluding hydrogens is 266 g/mol. The molecule has 1 saturated heterocycles. The van der Waals surface area contributed by atoms with Gasteiger partial charge in [-0.15, -0.1) is 0 Å². The predicted octanol–water partition coefficient (Wildman–Crippen LogP) is 0.730. The molecule has 1 aromatic rings. The Labute approximate surface area is 112 Å². The Hall–Kier alpha value is -1.21. The molecule has 19 heavy (non-hydrogen) atoms. The maximum atomic E-state index is 12.1. The van der Waals surface area contributed by atoms with Gasteiger partial charge in [0.05, 0.1) is 11.8 Å². The van der Waals surface area contributed by atoms with E-state index in [1.54, 1.807) is 23.5 Å². The first-order valence-electron chi connectivity index (χ1n) is 6.51. The first-order valence-corrected chi connectivity index (χ1v) is 8.01. The first-order chi connectivity index (χ1) is 9.05. The van der Waals surface area contributed by atoms with Crippen molar-refractivity contribution in [3.8, 4) is 5.88 Å². The predicted molar refractivity (Wildman–Crippen MR) is 69.3 cm³/mol. The highest BCUT2D eigenvalue weighted by atomic mass is 32.2. The van der Waals surface area contributed by atoms with E-state index in [2.05, 4.69) is 9.97 Å². The molecule has 1 aromatic heterocycles. The van der Waals surface area contributed by atoms with Crippen molar-refractivity contribution < 1.29 is 13.2 Å². The summed E-state index contributed by atoms with van der Waals surface area (Å²) in [6.07, 6.45) is 3.86. The Bertz CT molecular complexity index is 571. The fourth-order valence-corrected chi connectivity index (χ4v) is 4.16. The van der Waals surface area contributed by atoms with Crippen LogP contribution in [0.15, 0.2) is 12.3 Å². The van der Waals surface area contributed by atoms with Gasteiger partial charge in [0.1, 0.15) is 11.9 Å². The maximum absolute atomic E-state index is 12.1. The molecular formula is C12H17N3O3S. The summed E-state index contributed by atoms with van der Waals surface area (Å²) < 4.78 is 31.5. The second kappa shape index (κ2) is 4.72. The van der Waals surface area contributed by atoms with E-state index in [9.17, 15) is 8.42 Å². The van der Waals surface area contributed by atoms with Crippen LogP contribution in [0.3, 0.4) is 0 Å². The molecule has 6 nitrogen and oxygen atoms in total.